The van der Waals surface area contributed by atoms with Crippen LogP contribution in [0.4, 0.5) is 41.3 Å². The van der Waals surface area contributed by atoms with E-state index in [-0.39, 0.29) is 58.5 Å². The van der Waals surface area contributed by atoms with Crippen LogP contribution >= 0.6 is 0 Å². The van der Waals surface area contributed by atoms with E-state index in [4.69, 9.17) is 22.7 Å². The van der Waals surface area contributed by atoms with Crippen LogP contribution in [-0.4, -0.2) is 93.0 Å². The Morgan fingerprint density at radius 1 is 0.418 bits per heavy atom. The van der Waals surface area contributed by atoms with E-state index in [1.54, 1.807) is 25.1 Å². The highest BCUT2D eigenvalue weighted by Gasteiger charge is 2.50. The van der Waals surface area contributed by atoms with Crippen molar-refractivity contribution in [3.63, 3.8) is 0 Å². The maximum Gasteiger partial charge on any atom is 0.462 e. The number of hydrogen-bond donors (Lipinski definition) is 0. The van der Waals surface area contributed by atoms with Crippen molar-refractivity contribution in [3.8, 4) is 0 Å². The fourth-order valence-electron chi connectivity index (χ4n) is 19.2. The Balaban J connectivity index is 0.000000125. The molecule has 0 saturated carbocycles. The van der Waals surface area contributed by atoms with Crippen LogP contribution in [0.2, 0.25) is 0 Å². The lowest BCUT2D eigenvalue weighted by molar-refractivity contribution is -0.721. The van der Waals surface area contributed by atoms with Crippen LogP contribution < -0.4 is 52.2 Å². The molecule has 3 aromatic carbocycles. The van der Waals surface area contributed by atoms with Gasteiger partial charge in [-0.05, 0) is 185 Å². The predicted octanol–water partition coefficient (Wildman–Crippen LogP) is 14.8. The van der Waals surface area contributed by atoms with Gasteiger partial charge < -0.3 is 60.4 Å². The standard InChI is InChI=1S/C24H35N6.C20H25N4O.C19H24N5O.C16H23N4O.C15H22N5O/c1-16(2)28-15-23(26(8)18(28)4)29-19(5)30(21-13-11-10-12-20(21)29)24(6,7)22-14-17(3)25-27(22)9;1-15-23(19-21(4)12-13-25-19)10-11-24(15)20(2,3)18-14-16-8-6-7-9-17(16)22(18)5;1-14-23(18-21(4)12-13-25-18)10-11-24(14)19(2,3)17-20-15-8-6-7-9-16(15)22(17)5;1-13-19(15-18(5)11-12-21-15)9-10-20(13)16(2,3)14-7-6-8-17(14)4;1-12-19(14-18(5)10-11-21-14)8-9-20(12)15(2,3)13-16-6-7-17(13)4/h10-16,19H,1-9H3;6-15H,1-5H3;6-14H,1-5H3;6-13H,1-5H3;6-12H,1-5H3/q5*+1/t19-;15-;14-;13-;12-/m11111/s1. The molecule has 0 unspecified atom stereocenters. The second-order valence-electron chi connectivity index (χ2n) is 35.7. The molecule has 15 heterocycles. The van der Waals surface area contributed by atoms with Gasteiger partial charge in [0.1, 0.15) is 92.5 Å². The zero-order chi connectivity index (χ0) is 87.9. The topological polar surface area (TPSA) is 173 Å². The van der Waals surface area contributed by atoms with Gasteiger partial charge in [0.2, 0.25) is 5.82 Å². The lowest BCUT2D eigenvalue weighted by Gasteiger charge is -2.41. The molecule has 10 aromatic heterocycles. The van der Waals surface area contributed by atoms with E-state index in [0.717, 1.165) is 52.4 Å². The second kappa shape index (κ2) is 32.7. The maximum absolute atomic E-state index is 5.66. The number of aryl methyl sites for hydroxylation is 10. The van der Waals surface area contributed by atoms with Gasteiger partial charge in [-0.25, -0.2) is 37.4 Å². The molecule has 28 heteroatoms. The molecule has 644 valence electrons. The molecule has 0 bridgehead atoms. The van der Waals surface area contributed by atoms with Crippen molar-refractivity contribution in [3.05, 3.63) is 262 Å². The minimum absolute atomic E-state index is 0.103. The second-order valence-corrected chi connectivity index (χ2v) is 35.7. The minimum Gasteiger partial charge on any atom is -0.396 e. The van der Waals surface area contributed by atoms with Crippen LogP contribution in [0.1, 0.15) is 164 Å². The molecule has 13 aromatic rings. The van der Waals surface area contributed by atoms with Gasteiger partial charge in [0.05, 0.1) is 103 Å². The molecule has 0 spiro atoms. The van der Waals surface area contributed by atoms with Gasteiger partial charge in [-0.1, -0.05) is 42.5 Å². The summed E-state index contributed by atoms with van der Waals surface area (Å²) in [5.74, 6) is 4.53. The molecule has 0 saturated heterocycles. The van der Waals surface area contributed by atoms with E-state index in [2.05, 4.69) is 393 Å². The SMILES string of the molecule is C[C@@H]1N(c2occ[n+]2C)C=CN1C(C)(C)c1cc2ccccc2n1C.C[C@@H]1N(c2occ[n+]2C)C=CN1C(C)(C)c1cccn1C.C[C@@H]1N(c2occ[n+]2C)C=CN1C(C)(C)c1nc2ccccc2n1C.C[C@@H]1N(c2occ[n+]2C)C=CN1C(C)(C)c1nccn1C.Cc1cc(C(C)(C)N2c3ccccc3N(c3c[n+](C(C)C)c(C)n3C)[C@H]2C)n(C)n1. The zero-order valence-corrected chi connectivity index (χ0v) is 77.1. The quantitative estimate of drug-likeness (QED) is 0.0835. The highest BCUT2D eigenvalue weighted by atomic mass is 16.4. The Morgan fingerprint density at radius 2 is 0.861 bits per heavy atom. The van der Waals surface area contributed by atoms with E-state index in [0.29, 0.717) is 6.04 Å². The summed E-state index contributed by atoms with van der Waals surface area (Å²) in [7, 11) is 20.5. The van der Waals surface area contributed by atoms with Crippen LogP contribution in [-0.2, 0) is 98.2 Å². The number of nitrogens with zero attached hydrogens (tertiary/aromatic N) is 24. The molecule has 0 fully saturated rings. The lowest BCUT2D eigenvalue weighted by Crippen LogP contribution is -2.50. The van der Waals surface area contributed by atoms with E-state index in [1.807, 2.05) is 115 Å². The smallest absolute Gasteiger partial charge is 0.396 e. The van der Waals surface area contributed by atoms with Crippen LogP contribution in [0.15, 0.2) is 239 Å². The normalized spacial score (nSPS) is 17.9. The Labute approximate surface area is 719 Å². The molecule has 5 aliphatic heterocycles. The van der Waals surface area contributed by atoms with E-state index < -0.39 is 0 Å². The van der Waals surface area contributed by atoms with E-state index >= 15 is 0 Å². The van der Waals surface area contributed by atoms with E-state index in [9.17, 15) is 0 Å². The first kappa shape index (κ1) is 85.8. The summed E-state index contributed by atoms with van der Waals surface area (Å²) in [6, 6.07) is 38.0. The van der Waals surface area contributed by atoms with Crippen molar-refractivity contribution >= 4 is 63.2 Å². The third-order valence-corrected chi connectivity index (χ3v) is 25.8. The number of imidazole rings is 3. The van der Waals surface area contributed by atoms with Crippen molar-refractivity contribution in [2.75, 3.05) is 29.4 Å². The Kier molecular flexibility index (Phi) is 23.0. The molecular weight excluding hydrogens is 1530 g/mol. The summed E-state index contributed by atoms with van der Waals surface area (Å²) >= 11 is 0. The molecule has 122 heavy (non-hydrogen) atoms. The van der Waals surface area contributed by atoms with Crippen molar-refractivity contribution in [1.29, 1.82) is 0 Å². The maximum atomic E-state index is 5.66. The Hall–Kier alpha value is -12.6. The van der Waals surface area contributed by atoms with Gasteiger partial charge in [-0.15, -0.1) is 0 Å². The van der Waals surface area contributed by atoms with Crippen LogP contribution in [0.3, 0.4) is 0 Å². The van der Waals surface area contributed by atoms with Crippen LogP contribution in [0, 0.1) is 13.8 Å². The molecule has 28 nitrogen and oxygen atoms in total. The highest BCUT2D eigenvalue weighted by molar-refractivity contribution is 5.84. The van der Waals surface area contributed by atoms with E-state index in [1.165, 1.54) is 51.0 Å². The summed E-state index contributed by atoms with van der Waals surface area (Å²) < 4.78 is 45.8. The molecule has 0 N–H and O–H groups in total. The lowest BCUT2D eigenvalue weighted by atomic mass is 9.96. The fourth-order valence-corrected chi connectivity index (χ4v) is 19.2. The molecule has 0 amide bonds. The monoisotopic (exact) mass is 1660 g/mol. The third-order valence-electron chi connectivity index (χ3n) is 25.8. The number of hydrogen-bond acceptors (Lipinski definition) is 17. The van der Waals surface area contributed by atoms with Crippen LogP contribution in [0.25, 0.3) is 21.9 Å². The highest BCUT2D eigenvalue weighted by Crippen LogP contribution is 2.50. The number of benzene rings is 3. The molecule has 0 radical (unpaired) electrons. The van der Waals surface area contributed by atoms with Gasteiger partial charge in [0.25, 0.3) is 5.82 Å². The minimum atomic E-state index is -0.274. The van der Waals surface area contributed by atoms with Crippen LogP contribution in [0.5, 0.6) is 0 Å². The number of fused-ring (bicyclic) bond motifs is 3. The Morgan fingerprint density at radius 3 is 1.27 bits per heavy atom. The number of anilines is 7. The van der Waals surface area contributed by atoms with Gasteiger partial charge in [-0.2, -0.15) is 24.7 Å². The first-order valence-electron chi connectivity index (χ1n) is 42.3. The number of aromatic nitrogens is 14. The molecule has 18 rings (SSSR count). The largest absolute Gasteiger partial charge is 0.462 e. The first-order valence-corrected chi connectivity index (χ1v) is 42.3. The zero-order valence-electron chi connectivity index (χ0n) is 77.1. The predicted molar refractivity (Wildman–Crippen MR) is 478 cm³/mol. The molecule has 5 atom stereocenters. The molecule has 0 aliphatic carbocycles. The summed E-state index contributed by atoms with van der Waals surface area (Å²) in [5, 5.41) is 5.90. The van der Waals surface area contributed by atoms with Gasteiger partial charge in [0.15, 0.2) is 30.9 Å². The summed E-state index contributed by atoms with van der Waals surface area (Å²) in [6.45, 7) is 42.1. The van der Waals surface area contributed by atoms with Gasteiger partial charge >= 0.3 is 24.1 Å². The van der Waals surface area contributed by atoms with Crippen molar-refractivity contribution in [1.82, 2.24) is 62.2 Å². The average Bonchev–Trinajstić information content (AvgIpc) is 1.57. The van der Waals surface area contributed by atoms with Gasteiger partial charge in [-0.3, -0.25) is 9.58 Å². The van der Waals surface area contributed by atoms with Crippen molar-refractivity contribution in [2.45, 2.75) is 196 Å². The summed E-state index contributed by atoms with van der Waals surface area (Å²) in [4.78, 5) is 32.3. The Bertz CT molecular complexity index is 5710. The number of para-hydroxylation sites is 5. The number of oxazole rings is 4. The summed E-state index contributed by atoms with van der Waals surface area (Å²) in [5.41, 5.74) is 9.78. The van der Waals surface area contributed by atoms with Crippen molar-refractivity contribution < 1.29 is 40.5 Å². The average molecular weight is 1660 g/mol. The fraction of sp³-hybridized carbons (Fsp3) is 0.426. The molecule has 5 aliphatic rings. The number of rotatable bonds is 16. The van der Waals surface area contributed by atoms with Crippen molar-refractivity contribution in [2.24, 2.45) is 70.5 Å². The third kappa shape index (κ3) is 15.0. The first-order chi connectivity index (χ1) is 57.7. The summed E-state index contributed by atoms with van der Waals surface area (Å²) in [6.07, 6.45) is 40.2. The van der Waals surface area contributed by atoms with Gasteiger partial charge in [0, 0.05) is 102 Å². The molecular formula is C94H129N24O4+5.